The van der Waals surface area contributed by atoms with Gasteiger partial charge in [-0.1, -0.05) is 44.2 Å². The molecule has 2 heterocycles. The van der Waals surface area contributed by atoms with Gasteiger partial charge in [0, 0.05) is 39.3 Å². The zero-order valence-electron chi connectivity index (χ0n) is 17.4. The first-order valence-electron chi connectivity index (χ1n) is 10.4. The van der Waals surface area contributed by atoms with Crippen LogP contribution in [0.3, 0.4) is 0 Å². The van der Waals surface area contributed by atoms with E-state index in [1.807, 2.05) is 30.3 Å². The van der Waals surface area contributed by atoms with Crippen molar-refractivity contribution in [2.75, 3.05) is 39.3 Å². The van der Waals surface area contributed by atoms with Gasteiger partial charge in [-0.25, -0.2) is 4.98 Å². The second-order valence-corrected chi connectivity index (χ2v) is 8.07. The predicted octanol–water partition coefficient (Wildman–Crippen LogP) is 2.30. The van der Waals surface area contributed by atoms with Crippen molar-refractivity contribution < 1.29 is 14.3 Å². The third-order valence-corrected chi connectivity index (χ3v) is 5.23. The first kappa shape index (κ1) is 21.5. The Morgan fingerprint density at radius 1 is 1.17 bits per heavy atom. The number of carbonyl (C=O) groups is 1. The number of amides is 1. The standard InChI is InChI=1S/C22H32N4O3/c1-17(2)8-9-23-22(28)19-16-29-21(24-19)15-26-12-10-25(11-13-26)14-20(27)18-6-4-3-5-7-18/h3-7,16-17,20,27H,8-15H2,1-2H3,(H,23,28)/t20-/m1/s1. The number of hydrogen-bond donors (Lipinski definition) is 2. The molecule has 29 heavy (non-hydrogen) atoms. The Balaban J connectivity index is 1.40. The number of oxazole rings is 1. The van der Waals surface area contributed by atoms with Crippen LogP contribution in [0, 0.1) is 5.92 Å². The Morgan fingerprint density at radius 3 is 2.55 bits per heavy atom. The molecule has 1 fully saturated rings. The fourth-order valence-electron chi connectivity index (χ4n) is 3.40. The van der Waals surface area contributed by atoms with E-state index in [1.165, 1.54) is 6.26 Å². The van der Waals surface area contributed by atoms with Gasteiger partial charge in [-0.15, -0.1) is 0 Å². The minimum absolute atomic E-state index is 0.180. The van der Waals surface area contributed by atoms with Gasteiger partial charge in [0.25, 0.3) is 5.91 Å². The number of hydrogen-bond acceptors (Lipinski definition) is 6. The Morgan fingerprint density at radius 2 is 1.86 bits per heavy atom. The largest absolute Gasteiger partial charge is 0.447 e. The van der Waals surface area contributed by atoms with Crippen molar-refractivity contribution in [2.24, 2.45) is 5.92 Å². The minimum atomic E-state index is -0.466. The monoisotopic (exact) mass is 400 g/mol. The summed E-state index contributed by atoms with van der Waals surface area (Å²) in [5.74, 6) is 0.938. The molecule has 1 amide bonds. The molecule has 0 radical (unpaired) electrons. The molecular weight excluding hydrogens is 368 g/mol. The molecule has 0 bridgehead atoms. The smallest absolute Gasteiger partial charge is 0.273 e. The number of aliphatic hydroxyl groups is 1. The van der Waals surface area contributed by atoms with E-state index in [0.29, 0.717) is 37.1 Å². The van der Waals surface area contributed by atoms with Crippen molar-refractivity contribution in [3.8, 4) is 0 Å². The van der Waals surface area contributed by atoms with Gasteiger partial charge in [0.1, 0.15) is 6.26 Å². The van der Waals surface area contributed by atoms with E-state index in [2.05, 4.69) is 33.9 Å². The van der Waals surface area contributed by atoms with E-state index >= 15 is 0 Å². The molecule has 7 nitrogen and oxygen atoms in total. The molecular formula is C22H32N4O3. The third kappa shape index (κ3) is 6.66. The van der Waals surface area contributed by atoms with Gasteiger partial charge >= 0.3 is 0 Å². The normalized spacial score (nSPS) is 16.8. The number of rotatable bonds is 9. The number of piperazine rings is 1. The Hall–Kier alpha value is -2.22. The van der Waals surface area contributed by atoms with Crippen LogP contribution in [-0.4, -0.2) is 65.1 Å². The number of β-amino-alcohol motifs (C(OH)–C–C–N with tert-alkyl or cyclic N) is 1. The SMILES string of the molecule is CC(C)CCNC(=O)c1coc(CN2CCN(C[C@@H](O)c3ccccc3)CC2)n1. The number of benzene rings is 1. The van der Waals surface area contributed by atoms with Crippen molar-refractivity contribution >= 4 is 5.91 Å². The maximum atomic E-state index is 12.1. The number of carbonyl (C=O) groups excluding carboxylic acids is 1. The number of nitrogens with one attached hydrogen (secondary N) is 1. The van der Waals surface area contributed by atoms with Crippen LogP contribution >= 0.6 is 0 Å². The summed E-state index contributed by atoms with van der Waals surface area (Å²) in [6, 6.07) is 9.77. The summed E-state index contributed by atoms with van der Waals surface area (Å²) in [6.07, 6.45) is 1.91. The molecule has 1 aromatic heterocycles. The number of nitrogens with zero attached hydrogens (tertiary/aromatic N) is 3. The van der Waals surface area contributed by atoms with Crippen molar-refractivity contribution in [3.63, 3.8) is 0 Å². The molecule has 0 spiro atoms. The summed E-state index contributed by atoms with van der Waals surface area (Å²) in [7, 11) is 0. The highest BCUT2D eigenvalue weighted by Gasteiger charge is 2.21. The minimum Gasteiger partial charge on any atom is -0.447 e. The summed E-state index contributed by atoms with van der Waals surface area (Å²) in [5.41, 5.74) is 1.29. The van der Waals surface area contributed by atoms with Gasteiger partial charge in [0.15, 0.2) is 5.69 Å². The van der Waals surface area contributed by atoms with Crippen LogP contribution in [0.4, 0.5) is 0 Å². The van der Waals surface area contributed by atoms with Gasteiger partial charge in [-0.05, 0) is 17.9 Å². The van der Waals surface area contributed by atoms with Gasteiger partial charge in [0.05, 0.1) is 12.6 Å². The van der Waals surface area contributed by atoms with E-state index in [-0.39, 0.29) is 5.91 Å². The molecule has 0 unspecified atom stereocenters. The molecule has 3 rings (SSSR count). The van der Waals surface area contributed by atoms with Crippen LogP contribution < -0.4 is 5.32 Å². The zero-order valence-corrected chi connectivity index (χ0v) is 17.4. The molecule has 1 aromatic carbocycles. The lowest BCUT2D eigenvalue weighted by atomic mass is 10.1. The first-order valence-corrected chi connectivity index (χ1v) is 10.4. The molecule has 158 valence electrons. The van der Waals surface area contributed by atoms with E-state index in [4.69, 9.17) is 4.42 Å². The maximum Gasteiger partial charge on any atom is 0.273 e. The van der Waals surface area contributed by atoms with Crippen LogP contribution in [0.2, 0.25) is 0 Å². The van der Waals surface area contributed by atoms with Crippen molar-refractivity contribution in [1.82, 2.24) is 20.1 Å². The lowest BCUT2D eigenvalue weighted by Gasteiger charge is -2.35. The van der Waals surface area contributed by atoms with E-state index in [1.54, 1.807) is 0 Å². The van der Waals surface area contributed by atoms with Crippen LogP contribution in [0.15, 0.2) is 41.0 Å². The fourth-order valence-corrected chi connectivity index (χ4v) is 3.40. The van der Waals surface area contributed by atoms with E-state index in [0.717, 1.165) is 38.2 Å². The Bertz CT molecular complexity index is 754. The molecule has 0 aliphatic carbocycles. The number of aromatic nitrogens is 1. The topological polar surface area (TPSA) is 81.8 Å². The van der Waals surface area contributed by atoms with Crippen molar-refractivity contribution in [2.45, 2.75) is 32.9 Å². The summed E-state index contributed by atoms with van der Waals surface area (Å²) in [6.45, 7) is 9.65. The van der Waals surface area contributed by atoms with Crippen LogP contribution in [0.25, 0.3) is 0 Å². The van der Waals surface area contributed by atoms with Crippen molar-refractivity contribution in [3.05, 3.63) is 53.7 Å². The Kier molecular flexibility index (Phi) is 7.80. The second-order valence-electron chi connectivity index (χ2n) is 8.07. The number of aliphatic hydroxyl groups excluding tert-OH is 1. The quantitative estimate of drug-likeness (QED) is 0.672. The van der Waals surface area contributed by atoms with Crippen LogP contribution in [0.1, 0.15) is 48.3 Å². The molecule has 7 heteroatoms. The molecule has 2 aromatic rings. The average Bonchev–Trinajstić information content (AvgIpc) is 3.18. The lowest BCUT2D eigenvalue weighted by molar-refractivity contribution is 0.0671. The average molecular weight is 401 g/mol. The summed E-state index contributed by atoms with van der Waals surface area (Å²) in [4.78, 5) is 21.0. The second kappa shape index (κ2) is 10.5. The van der Waals surface area contributed by atoms with Gasteiger partial charge in [-0.2, -0.15) is 0 Å². The molecule has 2 N–H and O–H groups in total. The molecule has 1 atom stereocenters. The van der Waals surface area contributed by atoms with Gasteiger partial charge in [-0.3, -0.25) is 14.6 Å². The van der Waals surface area contributed by atoms with Crippen molar-refractivity contribution in [1.29, 1.82) is 0 Å². The van der Waals surface area contributed by atoms with Crippen LogP contribution in [-0.2, 0) is 6.54 Å². The zero-order chi connectivity index (χ0) is 20.6. The summed E-state index contributed by atoms with van der Waals surface area (Å²) < 4.78 is 5.50. The van der Waals surface area contributed by atoms with E-state index in [9.17, 15) is 9.90 Å². The molecule has 1 saturated heterocycles. The summed E-state index contributed by atoms with van der Waals surface area (Å²) in [5, 5.41) is 13.3. The van der Waals surface area contributed by atoms with E-state index < -0.39 is 6.10 Å². The maximum absolute atomic E-state index is 12.1. The molecule has 1 aliphatic heterocycles. The third-order valence-electron chi connectivity index (χ3n) is 5.23. The highest BCUT2D eigenvalue weighted by molar-refractivity contribution is 5.91. The summed E-state index contributed by atoms with van der Waals surface area (Å²) >= 11 is 0. The highest BCUT2D eigenvalue weighted by atomic mass is 16.3. The van der Waals surface area contributed by atoms with Gasteiger partial charge in [0.2, 0.25) is 5.89 Å². The highest BCUT2D eigenvalue weighted by Crippen LogP contribution is 2.16. The molecule has 0 saturated carbocycles. The Labute approximate surface area is 172 Å². The van der Waals surface area contributed by atoms with Gasteiger partial charge < -0.3 is 14.8 Å². The lowest BCUT2D eigenvalue weighted by Crippen LogP contribution is -2.47. The molecule has 1 aliphatic rings. The predicted molar refractivity (Wildman–Crippen MR) is 111 cm³/mol. The van der Waals surface area contributed by atoms with Crippen LogP contribution in [0.5, 0.6) is 0 Å². The fraction of sp³-hybridized carbons (Fsp3) is 0.545. The first-order chi connectivity index (χ1) is 14.0.